The zero-order valence-electron chi connectivity index (χ0n) is 15.8. The molecule has 0 N–H and O–H groups in total. The molecule has 0 radical (unpaired) electrons. The number of nitrogens with zero attached hydrogens (tertiary/aromatic N) is 3. The Morgan fingerprint density at radius 1 is 1.04 bits per heavy atom. The first-order valence-corrected chi connectivity index (χ1v) is 11.2. The summed E-state index contributed by atoms with van der Waals surface area (Å²) in [5.74, 6) is 2.78. The molecule has 6 nitrogen and oxygen atoms in total. The zero-order chi connectivity index (χ0) is 19.5. The smallest absolute Gasteiger partial charge is 0.151 e. The molecule has 0 unspecified atom stereocenters. The standard InChI is InChI=1S/C20H21N3O3S2/c1-25-16-11-17(26-2)19(21-12-16)20-22-13-18(27-20)14-3-5-15(6-4-14)23-7-9-28(24)10-8-23/h3-6,11-13H,7-10H2,1-2H3. The van der Waals surface area contributed by atoms with Gasteiger partial charge in [-0.3, -0.25) is 0 Å². The quantitative estimate of drug-likeness (QED) is 0.595. The largest absolute Gasteiger partial charge is 0.616 e. The van der Waals surface area contributed by atoms with Gasteiger partial charge in [-0.25, -0.2) is 9.97 Å². The van der Waals surface area contributed by atoms with Gasteiger partial charge < -0.3 is 18.9 Å². The third-order valence-electron chi connectivity index (χ3n) is 4.69. The second kappa shape index (κ2) is 8.38. The SMILES string of the molecule is COc1cnc(-c2ncc(-c3ccc(N4CC[S+]([O-])CC4)cc3)s2)c(OC)c1. The first kappa shape index (κ1) is 19.0. The Morgan fingerprint density at radius 2 is 1.79 bits per heavy atom. The fraction of sp³-hybridized carbons (Fsp3) is 0.300. The van der Waals surface area contributed by atoms with Crippen LogP contribution in [0.15, 0.2) is 42.7 Å². The molecule has 1 aromatic carbocycles. The van der Waals surface area contributed by atoms with Crippen LogP contribution in [0.5, 0.6) is 11.5 Å². The van der Waals surface area contributed by atoms with E-state index in [-0.39, 0.29) is 0 Å². The second-order valence-electron chi connectivity index (χ2n) is 6.34. The van der Waals surface area contributed by atoms with Gasteiger partial charge in [0, 0.05) is 18.0 Å². The van der Waals surface area contributed by atoms with E-state index in [1.54, 1.807) is 31.8 Å². The average molecular weight is 416 g/mol. The maximum Gasteiger partial charge on any atom is 0.151 e. The molecule has 3 heterocycles. The van der Waals surface area contributed by atoms with Crippen molar-refractivity contribution < 1.29 is 14.0 Å². The number of anilines is 1. The number of pyridine rings is 1. The third-order valence-corrected chi connectivity index (χ3v) is 7.02. The lowest BCUT2D eigenvalue weighted by Crippen LogP contribution is -2.40. The molecule has 0 bridgehead atoms. The summed E-state index contributed by atoms with van der Waals surface area (Å²) >= 11 is 0.914. The van der Waals surface area contributed by atoms with Crippen molar-refractivity contribution in [2.45, 2.75) is 0 Å². The van der Waals surface area contributed by atoms with Gasteiger partial charge >= 0.3 is 0 Å². The van der Waals surface area contributed by atoms with Crippen LogP contribution < -0.4 is 14.4 Å². The van der Waals surface area contributed by atoms with Crippen LogP contribution in [0.25, 0.3) is 21.1 Å². The minimum Gasteiger partial charge on any atom is -0.616 e. The number of hydrogen-bond acceptors (Lipinski definition) is 7. The van der Waals surface area contributed by atoms with Gasteiger partial charge in [-0.05, 0) is 17.7 Å². The Balaban J connectivity index is 1.55. The minimum atomic E-state index is -0.662. The maximum atomic E-state index is 11.5. The molecule has 1 aliphatic heterocycles. The minimum absolute atomic E-state index is 0.637. The lowest BCUT2D eigenvalue weighted by atomic mass is 10.2. The van der Waals surface area contributed by atoms with E-state index in [1.165, 1.54) is 5.69 Å². The van der Waals surface area contributed by atoms with Gasteiger partial charge in [0.2, 0.25) is 0 Å². The van der Waals surface area contributed by atoms with Crippen LogP contribution >= 0.6 is 11.3 Å². The van der Waals surface area contributed by atoms with Crippen molar-refractivity contribution in [1.29, 1.82) is 0 Å². The third kappa shape index (κ3) is 3.94. The van der Waals surface area contributed by atoms with E-state index in [0.717, 1.165) is 40.0 Å². The Morgan fingerprint density at radius 3 is 2.46 bits per heavy atom. The van der Waals surface area contributed by atoms with Crippen molar-refractivity contribution in [3.05, 3.63) is 42.7 Å². The first-order valence-electron chi connectivity index (χ1n) is 8.92. The average Bonchev–Trinajstić information content (AvgIpc) is 3.24. The molecule has 0 amide bonds. The van der Waals surface area contributed by atoms with E-state index in [4.69, 9.17) is 9.47 Å². The number of ether oxygens (including phenoxy) is 2. The Kier molecular flexibility index (Phi) is 5.70. The summed E-state index contributed by atoms with van der Waals surface area (Å²) in [6.45, 7) is 1.69. The molecular formula is C20H21N3O3S2. The van der Waals surface area contributed by atoms with Gasteiger partial charge in [0.1, 0.15) is 28.0 Å². The zero-order valence-corrected chi connectivity index (χ0v) is 17.4. The summed E-state index contributed by atoms with van der Waals surface area (Å²) < 4.78 is 22.2. The van der Waals surface area contributed by atoms with Crippen LogP contribution in [0.1, 0.15) is 0 Å². The Labute approximate surface area is 171 Å². The van der Waals surface area contributed by atoms with Crippen LogP contribution in [0, 0.1) is 0 Å². The fourth-order valence-electron chi connectivity index (χ4n) is 3.10. The van der Waals surface area contributed by atoms with Gasteiger partial charge in [-0.2, -0.15) is 0 Å². The predicted molar refractivity (Wildman–Crippen MR) is 114 cm³/mol. The van der Waals surface area contributed by atoms with Gasteiger partial charge in [-0.1, -0.05) is 23.3 Å². The predicted octanol–water partition coefficient (Wildman–Crippen LogP) is 3.46. The summed E-state index contributed by atoms with van der Waals surface area (Å²) in [4.78, 5) is 12.3. The molecule has 0 atom stereocenters. The van der Waals surface area contributed by atoms with E-state index in [2.05, 4.69) is 39.1 Å². The monoisotopic (exact) mass is 415 g/mol. The summed E-state index contributed by atoms with van der Waals surface area (Å²) in [5, 5.41) is 0.803. The summed E-state index contributed by atoms with van der Waals surface area (Å²) in [7, 11) is 3.22. The summed E-state index contributed by atoms with van der Waals surface area (Å²) in [6.07, 6.45) is 3.53. The highest BCUT2D eigenvalue weighted by molar-refractivity contribution is 7.91. The Hall–Kier alpha value is -2.29. The highest BCUT2D eigenvalue weighted by Crippen LogP contribution is 2.37. The molecule has 1 fully saturated rings. The molecule has 0 saturated carbocycles. The van der Waals surface area contributed by atoms with Crippen molar-refractivity contribution in [1.82, 2.24) is 9.97 Å². The van der Waals surface area contributed by atoms with Crippen LogP contribution in [0.2, 0.25) is 0 Å². The van der Waals surface area contributed by atoms with E-state index in [1.807, 2.05) is 12.3 Å². The van der Waals surface area contributed by atoms with Crippen molar-refractivity contribution in [2.75, 3.05) is 43.7 Å². The van der Waals surface area contributed by atoms with Crippen molar-refractivity contribution in [3.8, 4) is 32.6 Å². The molecule has 1 aliphatic rings. The molecule has 28 heavy (non-hydrogen) atoms. The molecule has 4 rings (SSSR count). The van der Waals surface area contributed by atoms with Crippen molar-refractivity contribution >= 4 is 28.2 Å². The molecule has 0 aliphatic carbocycles. The highest BCUT2D eigenvalue weighted by atomic mass is 32.2. The van der Waals surface area contributed by atoms with E-state index >= 15 is 0 Å². The number of hydrogen-bond donors (Lipinski definition) is 0. The van der Waals surface area contributed by atoms with Crippen molar-refractivity contribution in [3.63, 3.8) is 0 Å². The molecule has 1 saturated heterocycles. The van der Waals surface area contributed by atoms with Crippen molar-refractivity contribution in [2.24, 2.45) is 0 Å². The lowest BCUT2D eigenvalue weighted by molar-refractivity contribution is 0.392. The maximum absolute atomic E-state index is 11.5. The van der Waals surface area contributed by atoms with Crippen LogP contribution in [0.3, 0.4) is 0 Å². The van der Waals surface area contributed by atoms with E-state index < -0.39 is 11.2 Å². The number of benzene rings is 1. The summed E-state index contributed by atoms with van der Waals surface area (Å²) in [6, 6.07) is 10.3. The van der Waals surface area contributed by atoms with Crippen LogP contribution in [-0.4, -0.2) is 53.3 Å². The second-order valence-corrected chi connectivity index (χ2v) is 9.06. The van der Waals surface area contributed by atoms with E-state index in [0.29, 0.717) is 17.2 Å². The molecule has 146 valence electrons. The fourth-order valence-corrected chi connectivity index (χ4v) is 5.08. The van der Waals surface area contributed by atoms with Gasteiger partial charge in [0.25, 0.3) is 0 Å². The van der Waals surface area contributed by atoms with E-state index in [9.17, 15) is 4.55 Å². The molecular weight excluding hydrogens is 394 g/mol. The van der Waals surface area contributed by atoms with Gasteiger partial charge in [0.05, 0.1) is 38.4 Å². The Bertz CT molecular complexity index is 938. The normalized spacial score (nSPS) is 14.9. The number of aromatic nitrogens is 2. The summed E-state index contributed by atoms with van der Waals surface area (Å²) in [5.41, 5.74) is 2.99. The van der Waals surface area contributed by atoms with Crippen LogP contribution in [-0.2, 0) is 11.2 Å². The van der Waals surface area contributed by atoms with Gasteiger partial charge in [0.15, 0.2) is 5.75 Å². The first-order chi connectivity index (χ1) is 13.7. The number of thiazole rings is 1. The number of rotatable bonds is 5. The van der Waals surface area contributed by atoms with Crippen LogP contribution in [0.4, 0.5) is 5.69 Å². The lowest BCUT2D eigenvalue weighted by Gasteiger charge is -2.29. The topological polar surface area (TPSA) is 70.5 Å². The molecule has 8 heteroatoms. The molecule has 2 aromatic heterocycles. The molecule has 0 spiro atoms. The molecule has 3 aromatic rings. The number of methoxy groups -OCH3 is 2. The highest BCUT2D eigenvalue weighted by Gasteiger charge is 2.20. The van der Waals surface area contributed by atoms with Gasteiger partial charge in [-0.15, -0.1) is 11.3 Å².